The summed E-state index contributed by atoms with van der Waals surface area (Å²) in [6.07, 6.45) is 3.72. The van der Waals surface area contributed by atoms with Gasteiger partial charge < -0.3 is 4.74 Å². The SMILES string of the molecule is C=COC(C)=C1CCN(Cc2ccccc2)CC1. The minimum absolute atomic E-state index is 1.03. The normalized spacial score (nSPS) is 16.4. The molecule has 0 aliphatic carbocycles. The Morgan fingerprint density at radius 3 is 2.56 bits per heavy atom. The Bertz CT molecular complexity index is 412. The lowest BCUT2D eigenvalue weighted by atomic mass is 10.0. The summed E-state index contributed by atoms with van der Waals surface area (Å²) in [4.78, 5) is 2.50. The second kappa shape index (κ2) is 6.41. The highest BCUT2D eigenvalue weighted by Gasteiger charge is 2.16. The average molecular weight is 243 g/mol. The van der Waals surface area contributed by atoms with Gasteiger partial charge in [0, 0.05) is 19.6 Å². The number of likely N-dealkylation sites (tertiary alicyclic amines) is 1. The minimum atomic E-state index is 1.03. The predicted molar refractivity (Wildman–Crippen MR) is 74.9 cm³/mol. The minimum Gasteiger partial charge on any atom is -0.470 e. The van der Waals surface area contributed by atoms with Crippen molar-refractivity contribution in [3.63, 3.8) is 0 Å². The quantitative estimate of drug-likeness (QED) is 0.747. The van der Waals surface area contributed by atoms with Gasteiger partial charge in [-0.2, -0.15) is 0 Å². The van der Waals surface area contributed by atoms with Gasteiger partial charge in [-0.05, 0) is 30.9 Å². The van der Waals surface area contributed by atoms with Crippen LogP contribution in [0.2, 0.25) is 0 Å². The molecule has 0 atom stereocenters. The Balaban J connectivity index is 1.87. The van der Waals surface area contributed by atoms with Crippen molar-refractivity contribution in [3.8, 4) is 0 Å². The lowest BCUT2D eigenvalue weighted by Crippen LogP contribution is -2.30. The first-order chi connectivity index (χ1) is 8.79. The molecule has 0 unspecified atom stereocenters. The molecule has 1 fully saturated rings. The fraction of sp³-hybridized carbons (Fsp3) is 0.375. The van der Waals surface area contributed by atoms with Gasteiger partial charge in [0.15, 0.2) is 0 Å². The van der Waals surface area contributed by atoms with Crippen LogP contribution in [0.15, 0.2) is 54.5 Å². The molecule has 0 bridgehead atoms. The third-order valence-electron chi connectivity index (χ3n) is 3.47. The molecule has 1 aromatic rings. The third kappa shape index (κ3) is 3.47. The number of allylic oxidation sites excluding steroid dienone is 1. The van der Waals surface area contributed by atoms with E-state index in [4.69, 9.17) is 4.74 Å². The number of rotatable bonds is 4. The van der Waals surface area contributed by atoms with Crippen LogP contribution in [0.1, 0.15) is 25.3 Å². The molecule has 0 saturated carbocycles. The molecular formula is C16H21NO. The topological polar surface area (TPSA) is 12.5 Å². The lowest BCUT2D eigenvalue weighted by Gasteiger charge is -2.29. The third-order valence-corrected chi connectivity index (χ3v) is 3.47. The van der Waals surface area contributed by atoms with E-state index in [-0.39, 0.29) is 0 Å². The van der Waals surface area contributed by atoms with Crippen molar-refractivity contribution in [2.45, 2.75) is 26.3 Å². The summed E-state index contributed by atoms with van der Waals surface area (Å²) in [5, 5.41) is 0. The molecule has 2 rings (SSSR count). The molecule has 0 N–H and O–H groups in total. The van der Waals surface area contributed by atoms with Gasteiger partial charge in [0.25, 0.3) is 0 Å². The fourth-order valence-electron chi connectivity index (χ4n) is 2.38. The Kier molecular flexibility index (Phi) is 4.59. The van der Waals surface area contributed by atoms with E-state index >= 15 is 0 Å². The molecule has 1 aromatic carbocycles. The zero-order valence-electron chi connectivity index (χ0n) is 11.1. The van der Waals surface area contributed by atoms with Crippen LogP contribution in [0.25, 0.3) is 0 Å². The average Bonchev–Trinajstić information content (AvgIpc) is 2.41. The largest absolute Gasteiger partial charge is 0.470 e. The standard InChI is InChI=1S/C16H21NO/c1-3-18-14(2)16-9-11-17(12-10-16)13-15-7-5-4-6-8-15/h3-8H,1,9-13H2,2H3. The van der Waals surface area contributed by atoms with Crippen molar-refractivity contribution in [1.82, 2.24) is 4.90 Å². The van der Waals surface area contributed by atoms with Crippen LogP contribution in [-0.2, 0) is 11.3 Å². The maximum absolute atomic E-state index is 5.36. The summed E-state index contributed by atoms with van der Waals surface area (Å²) in [5.41, 5.74) is 2.82. The van der Waals surface area contributed by atoms with Gasteiger partial charge in [-0.1, -0.05) is 36.9 Å². The molecule has 2 nitrogen and oxygen atoms in total. The number of benzene rings is 1. The van der Waals surface area contributed by atoms with Crippen molar-refractivity contribution in [3.05, 3.63) is 60.1 Å². The van der Waals surface area contributed by atoms with Crippen molar-refractivity contribution in [2.75, 3.05) is 13.1 Å². The molecule has 1 aliphatic heterocycles. The van der Waals surface area contributed by atoms with Crippen LogP contribution in [-0.4, -0.2) is 18.0 Å². The van der Waals surface area contributed by atoms with Crippen LogP contribution in [0, 0.1) is 0 Å². The molecule has 1 saturated heterocycles. The lowest BCUT2D eigenvalue weighted by molar-refractivity contribution is 0.239. The number of hydrogen-bond donors (Lipinski definition) is 0. The molecule has 18 heavy (non-hydrogen) atoms. The Hall–Kier alpha value is -1.54. The highest BCUT2D eigenvalue weighted by molar-refractivity contribution is 5.16. The monoisotopic (exact) mass is 243 g/mol. The molecule has 1 aliphatic rings. The Morgan fingerprint density at radius 1 is 1.28 bits per heavy atom. The van der Waals surface area contributed by atoms with Crippen LogP contribution in [0.4, 0.5) is 0 Å². The van der Waals surface area contributed by atoms with E-state index in [9.17, 15) is 0 Å². The van der Waals surface area contributed by atoms with Gasteiger partial charge in [-0.25, -0.2) is 0 Å². The van der Waals surface area contributed by atoms with Crippen LogP contribution in [0.3, 0.4) is 0 Å². The summed E-state index contributed by atoms with van der Waals surface area (Å²) in [7, 11) is 0. The van der Waals surface area contributed by atoms with E-state index < -0.39 is 0 Å². The maximum atomic E-state index is 5.36. The maximum Gasteiger partial charge on any atom is 0.0993 e. The van der Waals surface area contributed by atoms with Crippen molar-refractivity contribution in [1.29, 1.82) is 0 Å². The van der Waals surface area contributed by atoms with Gasteiger partial charge in [0.1, 0.15) is 0 Å². The number of hydrogen-bond acceptors (Lipinski definition) is 2. The highest BCUT2D eigenvalue weighted by Crippen LogP contribution is 2.21. The number of nitrogens with zero attached hydrogens (tertiary/aromatic N) is 1. The predicted octanol–water partition coefficient (Wildman–Crippen LogP) is 3.72. The Labute approximate surface area is 110 Å². The second-order valence-corrected chi connectivity index (χ2v) is 4.71. The summed E-state index contributed by atoms with van der Waals surface area (Å²) in [6.45, 7) is 8.91. The first kappa shape index (κ1) is 12.9. The van der Waals surface area contributed by atoms with Crippen molar-refractivity contribution in [2.24, 2.45) is 0 Å². The zero-order valence-corrected chi connectivity index (χ0v) is 11.1. The van der Waals surface area contributed by atoms with Gasteiger partial charge in [-0.15, -0.1) is 0 Å². The van der Waals surface area contributed by atoms with E-state index in [0.717, 1.165) is 38.2 Å². The van der Waals surface area contributed by atoms with Crippen LogP contribution in [0.5, 0.6) is 0 Å². The first-order valence-electron chi connectivity index (χ1n) is 6.52. The van der Waals surface area contributed by atoms with Gasteiger partial charge in [0.05, 0.1) is 12.0 Å². The number of piperidine rings is 1. The summed E-state index contributed by atoms with van der Waals surface area (Å²) >= 11 is 0. The second-order valence-electron chi connectivity index (χ2n) is 4.71. The molecule has 2 heteroatoms. The van der Waals surface area contributed by atoms with E-state index in [1.54, 1.807) is 0 Å². The van der Waals surface area contributed by atoms with Gasteiger partial charge in [0.2, 0.25) is 0 Å². The van der Waals surface area contributed by atoms with E-state index in [2.05, 4.69) is 41.8 Å². The summed E-state index contributed by atoms with van der Waals surface area (Å²) < 4.78 is 5.36. The number of ether oxygens (including phenoxy) is 1. The van der Waals surface area contributed by atoms with E-state index in [1.165, 1.54) is 17.4 Å². The zero-order chi connectivity index (χ0) is 12.8. The smallest absolute Gasteiger partial charge is 0.0993 e. The fourth-order valence-corrected chi connectivity index (χ4v) is 2.38. The van der Waals surface area contributed by atoms with Gasteiger partial charge in [-0.3, -0.25) is 4.90 Å². The molecule has 0 radical (unpaired) electrons. The molecule has 96 valence electrons. The summed E-state index contributed by atoms with van der Waals surface area (Å²) in [5.74, 6) is 1.03. The Morgan fingerprint density at radius 2 is 1.94 bits per heavy atom. The van der Waals surface area contributed by atoms with Crippen molar-refractivity contribution >= 4 is 0 Å². The molecule has 1 heterocycles. The first-order valence-corrected chi connectivity index (χ1v) is 6.52. The van der Waals surface area contributed by atoms with E-state index in [1.807, 2.05) is 6.92 Å². The van der Waals surface area contributed by atoms with Crippen LogP contribution < -0.4 is 0 Å². The molecular weight excluding hydrogens is 222 g/mol. The highest BCUT2D eigenvalue weighted by atomic mass is 16.5. The van der Waals surface area contributed by atoms with Gasteiger partial charge >= 0.3 is 0 Å². The summed E-state index contributed by atoms with van der Waals surface area (Å²) in [6, 6.07) is 10.7. The molecule has 0 aromatic heterocycles. The van der Waals surface area contributed by atoms with Crippen LogP contribution >= 0.6 is 0 Å². The molecule has 0 spiro atoms. The molecule has 0 amide bonds. The van der Waals surface area contributed by atoms with Crippen molar-refractivity contribution < 1.29 is 4.74 Å². The van der Waals surface area contributed by atoms with E-state index in [0.29, 0.717) is 0 Å².